The summed E-state index contributed by atoms with van der Waals surface area (Å²) in [6.07, 6.45) is 4.57. The van der Waals surface area contributed by atoms with Gasteiger partial charge in [0.05, 0.1) is 6.54 Å². The maximum Gasteiger partial charge on any atom is 0.189 e. The lowest BCUT2D eigenvalue weighted by Gasteiger charge is -2.11. The highest BCUT2D eigenvalue weighted by molar-refractivity contribution is 5.78. The number of nitrogens with zero attached hydrogens (tertiary/aromatic N) is 2. The number of benzene rings is 1. The van der Waals surface area contributed by atoms with Gasteiger partial charge in [0.25, 0.3) is 0 Å². The van der Waals surface area contributed by atoms with Crippen molar-refractivity contribution in [2.45, 2.75) is 39.5 Å². The van der Waals surface area contributed by atoms with E-state index in [2.05, 4.69) is 29.1 Å². The van der Waals surface area contributed by atoms with Gasteiger partial charge in [-0.3, -0.25) is 4.98 Å². The highest BCUT2D eigenvalue weighted by Gasteiger charge is 2.00. The first-order chi connectivity index (χ1) is 11.2. The molecule has 0 aliphatic rings. The Balaban J connectivity index is 1.83. The van der Waals surface area contributed by atoms with Gasteiger partial charge in [-0.25, -0.2) is 4.99 Å². The van der Waals surface area contributed by atoms with Crippen molar-refractivity contribution in [1.82, 2.24) is 10.3 Å². The monoisotopic (exact) mass is 312 g/mol. The summed E-state index contributed by atoms with van der Waals surface area (Å²) in [7, 11) is 0. The standard InChI is InChI=1S/C18H24N4O/c1-3-14(2)22-18(19)21-12-15-6-8-17(9-7-15)23-13-16-5-4-10-20-11-16/h4-11,14H,3,12-13H2,1-2H3,(H3,19,21,22)/t14-/m0/s1. The number of rotatable bonds is 7. The fourth-order valence-electron chi connectivity index (χ4n) is 1.92. The lowest BCUT2D eigenvalue weighted by molar-refractivity contribution is 0.305. The molecule has 1 heterocycles. The third kappa shape index (κ3) is 5.98. The first-order valence-corrected chi connectivity index (χ1v) is 7.84. The normalized spacial score (nSPS) is 12.7. The summed E-state index contributed by atoms with van der Waals surface area (Å²) in [5, 5.41) is 3.15. The molecule has 0 radical (unpaired) electrons. The summed E-state index contributed by atoms with van der Waals surface area (Å²) in [5.74, 6) is 1.31. The predicted octanol–water partition coefficient (Wildman–Crippen LogP) is 2.86. The number of ether oxygens (including phenoxy) is 1. The number of aromatic nitrogens is 1. The minimum Gasteiger partial charge on any atom is -0.489 e. The molecule has 5 nitrogen and oxygen atoms in total. The topological polar surface area (TPSA) is 72.5 Å². The van der Waals surface area contributed by atoms with Crippen LogP contribution in [0.3, 0.4) is 0 Å². The van der Waals surface area contributed by atoms with Gasteiger partial charge < -0.3 is 15.8 Å². The van der Waals surface area contributed by atoms with E-state index in [-0.39, 0.29) is 0 Å². The van der Waals surface area contributed by atoms with Crippen LogP contribution in [-0.4, -0.2) is 17.0 Å². The smallest absolute Gasteiger partial charge is 0.189 e. The molecule has 2 rings (SSSR count). The van der Waals surface area contributed by atoms with E-state index >= 15 is 0 Å². The Kier molecular flexibility index (Phi) is 6.41. The summed E-state index contributed by atoms with van der Waals surface area (Å²) >= 11 is 0. The van der Waals surface area contributed by atoms with E-state index in [1.165, 1.54) is 0 Å². The fourth-order valence-corrected chi connectivity index (χ4v) is 1.92. The summed E-state index contributed by atoms with van der Waals surface area (Å²) in [6.45, 7) is 5.25. The van der Waals surface area contributed by atoms with E-state index in [1.807, 2.05) is 36.4 Å². The zero-order valence-electron chi connectivity index (χ0n) is 13.7. The SMILES string of the molecule is CC[C@H](C)NC(N)=NCc1ccc(OCc2cccnc2)cc1. The van der Waals surface area contributed by atoms with Crippen molar-refractivity contribution < 1.29 is 4.74 Å². The molecule has 0 saturated carbocycles. The van der Waals surface area contributed by atoms with Crippen molar-refractivity contribution in [2.75, 3.05) is 0 Å². The molecular weight excluding hydrogens is 288 g/mol. The maximum absolute atomic E-state index is 5.85. The molecule has 122 valence electrons. The van der Waals surface area contributed by atoms with E-state index in [0.717, 1.165) is 23.3 Å². The summed E-state index contributed by atoms with van der Waals surface area (Å²) < 4.78 is 5.73. The second kappa shape index (κ2) is 8.78. The molecule has 1 atom stereocenters. The molecule has 0 spiro atoms. The van der Waals surface area contributed by atoms with Gasteiger partial charge in [0, 0.05) is 24.0 Å². The van der Waals surface area contributed by atoms with E-state index < -0.39 is 0 Å². The zero-order valence-corrected chi connectivity index (χ0v) is 13.7. The Labute approximate surface area is 137 Å². The Morgan fingerprint density at radius 1 is 1.26 bits per heavy atom. The predicted molar refractivity (Wildman–Crippen MR) is 93.2 cm³/mol. The minimum absolute atomic E-state index is 0.335. The van der Waals surface area contributed by atoms with Crippen LogP contribution in [0.25, 0.3) is 0 Å². The van der Waals surface area contributed by atoms with Crippen molar-refractivity contribution in [3.8, 4) is 5.75 Å². The molecule has 5 heteroatoms. The highest BCUT2D eigenvalue weighted by atomic mass is 16.5. The lowest BCUT2D eigenvalue weighted by atomic mass is 10.2. The third-order valence-electron chi connectivity index (χ3n) is 3.49. The average molecular weight is 312 g/mol. The van der Waals surface area contributed by atoms with Gasteiger partial charge in [0.15, 0.2) is 5.96 Å². The van der Waals surface area contributed by atoms with Crippen molar-refractivity contribution in [2.24, 2.45) is 10.7 Å². The molecule has 1 aromatic heterocycles. The van der Waals surface area contributed by atoms with Gasteiger partial charge in [-0.15, -0.1) is 0 Å². The molecule has 0 unspecified atom stereocenters. The molecule has 0 fully saturated rings. The van der Waals surface area contributed by atoms with Crippen LogP contribution < -0.4 is 15.8 Å². The molecule has 0 bridgehead atoms. The van der Waals surface area contributed by atoms with Crippen molar-refractivity contribution in [3.63, 3.8) is 0 Å². The van der Waals surface area contributed by atoms with Crippen LogP contribution in [0.5, 0.6) is 5.75 Å². The molecule has 0 aliphatic carbocycles. The fraction of sp³-hybridized carbons (Fsp3) is 0.333. The molecule has 0 aliphatic heterocycles. The Morgan fingerprint density at radius 3 is 2.70 bits per heavy atom. The first-order valence-electron chi connectivity index (χ1n) is 7.84. The molecule has 1 aromatic carbocycles. The third-order valence-corrected chi connectivity index (χ3v) is 3.49. The number of hydrogen-bond donors (Lipinski definition) is 2. The number of guanidine groups is 1. The largest absolute Gasteiger partial charge is 0.489 e. The molecular formula is C18H24N4O. The Hall–Kier alpha value is -2.56. The van der Waals surface area contributed by atoms with Gasteiger partial charge in [0.1, 0.15) is 12.4 Å². The van der Waals surface area contributed by atoms with Crippen molar-refractivity contribution >= 4 is 5.96 Å². The van der Waals surface area contributed by atoms with Crippen LogP contribution in [0.1, 0.15) is 31.4 Å². The summed E-state index contributed by atoms with van der Waals surface area (Å²) in [5.41, 5.74) is 7.99. The summed E-state index contributed by atoms with van der Waals surface area (Å²) in [4.78, 5) is 8.41. The highest BCUT2D eigenvalue weighted by Crippen LogP contribution is 2.14. The minimum atomic E-state index is 0.335. The molecule has 2 aromatic rings. The van der Waals surface area contributed by atoms with Crippen LogP contribution in [-0.2, 0) is 13.2 Å². The van der Waals surface area contributed by atoms with E-state index in [9.17, 15) is 0 Å². The van der Waals surface area contributed by atoms with Crippen LogP contribution in [0.4, 0.5) is 0 Å². The quantitative estimate of drug-likeness (QED) is 0.609. The van der Waals surface area contributed by atoms with Crippen LogP contribution in [0.15, 0.2) is 53.8 Å². The van der Waals surface area contributed by atoms with E-state index in [0.29, 0.717) is 25.2 Å². The van der Waals surface area contributed by atoms with Crippen LogP contribution in [0, 0.1) is 0 Å². The average Bonchev–Trinajstić information content (AvgIpc) is 2.60. The first kappa shape index (κ1) is 16.8. The molecule has 0 saturated heterocycles. The van der Waals surface area contributed by atoms with E-state index in [1.54, 1.807) is 12.4 Å². The zero-order chi connectivity index (χ0) is 16.5. The number of nitrogens with two attached hydrogens (primary N) is 1. The van der Waals surface area contributed by atoms with Crippen molar-refractivity contribution in [1.29, 1.82) is 0 Å². The number of pyridine rings is 1. The van der Waals surface area contributed by atoms with Gasteiger partial charge >= 0.3 is 0 Å². The number of aliphatic imine (C=N–C) groups is 1. The molecule has 0 amide bonds. The van der Waals surface area contributed by atoms with Gasteiger partial charge in [-0.05, 0) is 37.1 Å². The second-order valence-electron chi connectivity index (χ2n) is 5.45. The maximum atomic E-state index is 5.85. The van der Waals surface area contributed by atoms with E-state index in [4.69, 9.17) is 10.5 Å². The van der Waals surface area contributed by atoms with Crippen LogP contribution in [0.2, 0.25) is 0 Å². The number of nitrogens with one attached hydrogen (secondary N) is 1. The van der Waals surface area contributed by atoms with Gasteiger partial charge in [-0.1, -0.05) is 25.1 Å². The van der Waals surface area contributed by atoms with Crippen LogP contribution >= 0.6 is 0 Å². The van der Waals surface area contributed by atoms with Gasteiger partial charge in [0.2, 0.25) is 0 Å². The second-order valence-corrected chi connectivity index (χ2v) is 5.45. The molecule has 3 N–H and O–H groups in total. The van der Waals surface area contributed by atoms with Crippen molar-refractivity contribution in [3.05, 3.63) is 59.9 Å². The number of hydrogen-bond acceptors (Lipinski definition) is 3. The Bertz CT molecular complexity index is 611. The lowest BCUT2D eigenvalue weighted by Crippen LogP contribution is -2.38. The summed E-state index contributed by atoms with van der Waals surface area (Å²) in [6, 6.07) is 12.1. The Morgan fingerprint density at radius 2 is 2.04 bits per heavy atom. The molecule has 23 heavy (non-hydrogen) atoms. The van der Waals surface area contributed by atoms with Gasteiger partial charge in [-0.2, -0.15) is 0 Å².